The predicted molar refractivity (Wildman–Crippen MR) is 103 cm³/mol. The Balaban J connectivity index is 1.68. The van der Waals surface area contributed by atoms with Gasteiger partial charge in [0.05, 0.1) is 6.04 Å². The minimum absolute atomic E-state index is 0.122. The zero-order chi connectivity index (χ0) is 19.1. The van der Waals surface area contributed by atoms with Crippen LogP contribution in [0.15, 0.2) is 36.4 Å². The van der Waals surface area contributed by atoms with Crippen molar-refractivity contribution in [1.82, 2.24) is 10.6 Å². The average molecular weight is 364 g/mol. The van der Waals surface area contributed by atoms with Crippen LogP contribution in [0.2, 0.25) is 0 Å². The fraction of sp³-hybridized carbons (Fsp3) is 0.364. The van der Waals surface area contributed by atoms with E-state index in [9.17, 15) is 9.59 Å². The third-order valence-corrected chi connectivity index (χ3v) is 5.38. The molecule has 2 aliphatic heterocycles. The summed E-state index contributed by atoms with van der Waals surface area (Å²) in [5, 5.41) is 5.98. The minimum atomic E-state index is -0.646. The summed E-state index contributed by atoms with van der Waals surface area (Å²) in [5.41, 5.74) is 4.01. The molecule has 2 aliphatic rings. The first kappa shape index (κ1) is 17.6. The maximum absolute atomic E-state index is 12.9. The largest absolute Gasteiger partial charge is 0.457 e. The number of benzene rings is 2. The van der Waals surface area contributed by atoms with Crippen LogP contribution in [0.25, 0.3) is 0 Å². The molecule has 4 rings (SSSR count). The SMILES string of the molecule is Cc1ccc2c(c1)Oc1cc(C)ccc1C2NC(=O)C1CCC(C)NC1=O. The van der Waals surface area contributed by atoms with Crippen LogP contribution in [-0.4, -0.2) is 17.9 Å². The van der Waals surface area contributed by atoms with E-state index in [4.69, 9.17) is 4.74 Å². The predicted octanol–water partition coefficient (Wildman–Crippen LogP) is 3.53. The van der Waals surface area contributed by atoms with Crippen LogP contribution >= 0.6 is 0 Å². The molecule has 0 bridgehead atoms. The summed E-state index contributed by atoms with van der Waals surface area (Å²) in [5.74, 6) is 0.433. The Kier molecular flexibility index (Phi) is 4.38. The van der Waals surface area contributed by atoms with E-state index in [0.29, 0.717) is 6.42 Å². The highest BCUT2D eigenvalue weighted by Crippen LogP contribution is 2.43. The second-order valence-electron chi connectivity index (χ2n) is 7.67. The van der Waals surface area contributed by atoms with Crippen LogP contribution in [0.1, 0.15) is 48.1 Å². The maximum atomic E-state index is 12.9. The number of piperidine rings is 1. The Bertz CT molecular complexity index is 870. The Morgan fingerprint density at radius 1 is 1.04 bits per heavy atom. The Labute approximate surface area is 159 Å². The molecule has 0 radical (unpaired) electrons. The lowest BCUT2D eigenvalue weighted by Crippen LogP contribution is -2.49. The lowest BCUT2D eigenvalue weighted by molar-refractivity contribution is -0.137. The first-order chi connectivity index (χ1) is 12.9. The number of nitrogens with one attached hydrogen (secondary N) is 2. The molecule has 2 amide bonds. The van der Waals surface area contributed by atoms with Crippen molar-refractivity contribution in [3.63, 3.8) is 0 Å². The van der Waals surface area contributed by atoms with Crippen LogP contribution in [0.4, 0.5) is 0 Å². The fourth-order valence-electron chi connectivity index (χ4n) is 3.83. The molecule has 0 saturated carbocycles. The molecule has 2 N–H and O–H groups in total. The van der Waals surface area contributed by atoms with Gasteiger partial charge in [-0.3, -0.25) is 9.59 Å². The molecule has 2 aromatic carbocycles. The molecule has 5 nitrogen and oxygen atoms in total. The van der Waals surface area contributed by atoms with Crippen molar-refractivity contribution in [3.8, 4) is 11.5 Å². The van der Waals surface area contributed by atoms with Crippen molar-refractivity contribution in [2.75, 3.05) is 0 Å². The van der Waals surface area contributed by atoms with Gasteiger partial charge in [0, 0.05) is 17.2 Å². The highest BCUT2D eigenvalue weighted by atomic mass is 16.5. The molecule has 0 aromatic heterocycles. The smallest absolute Gasteiger partial charge is 0.233 e. The normalized spacial score (nSPS) is 21.5. The standard InChI is InChI=1S/C22H24N2O3/c1-12-4-7-15-18(10-12)27-19-11-13(2)5-8-16(19)20(15)24-22(26)17-9-6-14(3)23-21(17)25/h4-5,7-8,10-11,14,17,20H,6,9H2,1-3H3,(H,23,25)(H,24,26). The summed E-state index contributed by atoms with van der Waals surface area (Å²) in [4.78, 5) is 25.2. The van der Waals surface area contributed by atoms with Gasteiger partial charge in [0.25, 0.3) is 0 Å². The van der Waals surface area contributed by atoms with Crippen molar-refractivity contribution in [2.24, 2.45) is 5.92 Å². The van der Waals surface area contributed by atoms with Gasteiger partial charge in [-0.15, -0.1) is 0 Å². The van der Waals surface area contributed by atoms with Crippen molar-refractivity contribution in [1.29, 1.82) is 0 Å². The van der Waals surface area contributed by atoms with E-state index in [1.54, 1.807) is 0 Å². The molecule has 5 heteroatoms. The molecule has 0 spiro atoms. The zero-order valence-electron chi connectivity index (χ0n) is 15.8. The van der Waals surface area contributed by atoms with Gasteiger partial charge in [-0.1, -0.05) is 24.3 Å². The third kappa shape index (κ3) is 3.29. The van der Waals surface area contributed by atoms with E-state index in [1.807, 2.05) is 57.2 Å². The number of carbonyl (C=O) groups excluding carboxylic acids is 2. The molecular weight excluding hydrogens is 340 g/mol. The second kappa shape index (κ2) is 6.72. The van der Waals surface area contributed by atoms with Crippen molar-refractivity contribution in [3.05, 3.63) is 58.7 Å². The number of rotatable bonds is 2. The second-order valence-corrected chi connectivity index (χ2v) is 7.67. The molecule has 2 heterocycles. The summed E-state index contributed by atoms with van der Waals surface area (Å²) in [6.07, 6.45) is 1.38. The molecule has 2 unspecified atom stereocenters. The lowest BCUT2D eigenvalue weighted by atomic mass is 9.90. The number of carbonyl (C=O) groups is 2. The van der Waals surface area contributed by atoms with Crippen molar-refractivity contribution >= 4 is 11.8 Å². The van der Waals surface area contributed by atoms with Gasteiger partial charge in [-0.25, -0.2) is 0 Å². The van der Waals surface area contributed by atoms with Crippen LogP contribution < -0.4 is 15.4 Å². The minimum Gasteiger partial charge on any atom is -0.457 e. The zero-order valence-corrected chi connectivity index (χ0v) is 15.8. The number of hydrogen-bond donors (Lipinski definition) is 2. The Morgan fingerprint density at radius 2 is 1.63 bits per heavy atom. The molecule has 140 valence electrons. The van der Waals surface area contributed by atoms with E-state index < -0.39 is 5.92 Å². The molecule has 2 atom stereocenters. The molecule has 2 aromatic rings. The maximum Gasteiger partial charge on any atom is 0.233 e. The lowest BCUT2D eigenvalue weighted by Gasteiger charge is -2.32. The number of hydrogen-bond acceptors (Lipinski definition) is 3. The highest BCUT2D eigenvalue weighted by Gasteiger charge is 2.35. The van der Waals surface area contributed by atoms with Gasteiger partial charge in [0.2, 0.25) is 11.8 Å². The van der Waals surface area contributed by atoms with Crippen LogP contribution in [0, 0.1) is 19.8 Å². The Hall–Kier alpha value is -2.82. The van der Waals surface area contributed by atoms with E-state index in [2.05, 4.69) is 10.6 Å². The van der Waals surface area contributed by atoms with E-state index in [1.165, 1.54) is 0 Å². The highest BCUT2D eigenvalue weighted by molar-refractivity contribution is 6.01. The van der Waals surface area contributed by atoms with Crippen molar-refractivity contribution < 1.29 is 14.3 Å². The Morgan fingerprint density at radius 3 is 2.19 bits per heavy atom. The van der Waals surface area contributed by atoms with E-state index >= 15 is 0 Å². The number of fused-ring (bicyclic) bond motifs is 2. The van der Waals surface area contributed by atoms with Crippen LogP contribution in [-0.2, 0) is 9.59 Å². The van der Waals surface area contributed by atoms with Crippen LogP contribution in [0.5, 0.6) is 11.5 Å². The first-order valence-electron chi connectivity index (χ1n) is 9.42. The van der Waals surface area contributed by atoms with E-state index in [-0.39, 0.29) is 23.9 Å². The van der Waals surface area contributed by atoms with Gasteiger partial charge >= 0.3 is 0 Å². The quantitative estimate of drug-likeness (QED) is 0.801. The summed E-state index contributed by atoms with van der Waals surface area (Å²) in [7, 11) is 0. The summed E-state index contributed by atoms with van der Waals surface area (Å²) in [6.45, 7) is 5.98. The molecule has 0 aliphatic carbocycles. The first-order valence-corrected chi connectivity index (χ1v) is 9.42. The number of ether oxygens (including phenoxy) is 1. The number of aryl methyl sites for hydroxylation is 2. The van der Waals surface area contributed by atoms with Gasteiger partial charge in [-0.2, -0.15) is 0 Å². The van der Waals surface area contributed by atoms with Gasteiger partial charge in [0.15, 0.2) is 0 Å². The molecule has 1 fully saturated rings. The van der Waals surface area contributed by atoms with Crippen molar-refractivity contribution in [2.45, 2.75) is 45.7 Å². The average Bonchev–Trinajstić information content (AvgIpc) is 2.60. The third-order valence-electron chi connectivity index (χ3n) is 5.38. The monoisotopic (exact) mass is 364 g/mol. The van der Waals surface area contributed by atoms with Gasteiger partial charge < -0.3 is 15.4 Å². The summed E-state index contributed by atoms with van der Waals surface area (Å²) < 4.78 is 6.10. The van der Waals surface area contributed by atoms with Gasteiger partial charge in [0.1, 0.15) is 17.4 Å². The van der Waals surface area contributed by atoms with Gasteiger partial charge in [-0.05, 0) is 56.9 Å². The summed E-state index contributed by atoms with van der Waals surface area (Å²) in [6, 6.07) is 11.7. The number of amides is 2. The molecule has 27 heavy (non-hydrogen) atoms. The topological polar surface area (TPSA) is 67.4 Å². The molecular formula is C22H24N2O3. The fourth-order valence-corrected chi connectivity index (χ4v) is 3.83. The summed E-state index contributed by atoms with van der Waals surface area (Å²) >= 11 is 0. The molecule has 1 saturated heterocycles. The van der Waals surface area contributed by atoms with E-state index in [0.717, 1.165) is 40.2 Å². The van der Waals surface area contributed by atoms with Crippen LogP contribution in [0.3, 0.4) is 0 Å².